The first-order valence-corrected chi connectivity index (χ1v) is 7.23. The number of Topliss-reactive ketones (excluding diaryl/α,β-unsaturated/α-hetero) is 1. The van der Waals surface area contributed by atoms with Crippen molar-refractivity contribution < 1.29 is 4.79 Å². The normalized spacial score (nSPS) is 41.3. The Morgan fingerprint density at radius 2 is 1.35 bits per heavy atom. The second-order valence-corrected chi connectivity index (χ2v) is 5.88. The van der Waals surface area contributed by atoms with Gasteiger partial charge in [-0.2, -0.15) is 0 Å². The van der Waals surface area contributed by atoms with Gasteiger partial charge in [-0.05, 0) is 50.4 Å². The van der Waals surface area contributed by atoms with Crippen molar-refractivity contribution in [3.05, 3.63) is 24.3 Å². The fourth-order valence-electron chi connectivity index (χ4n) is 3.96. The molecule has 17 heavy (non-hydrogen) atoms. The first-order chi connectivity index (χ1) is 8.36. The average molecular weight is 230 g/mol. The molecule has 0 saturated heterocycles. The van der Waals surface area contributed by atoms with Crippen molar-refractivity contribution >= 4 is 5.78 Å². The molecule has 1 heteroatoms. The van der Waals surface area contributed by atoms with Crippen molar-refractivity contribution in [1.82, 2.24) is 0 Å². The molecule has 0 amide bonds. The minimum atomic E-state index is 0.347. The molecule has 0 aromatic heterocycles. The van der Waals surface area contributed by atoms with E-state index >= 15 is 0 Å². The molecule has 0 N–H and O–H groups in total. The highest BCUT2D eigenvalue weighted by Gasteiger charge is 2.38. The van der Waals surface area contributed by atoms with Crippen molar-refractivity contribution in [3.8, 4) is 0 Å². The Labute approximate surface area is 104 Å². The molecule has 3 aliphatic rings. The van der Waals surface area contributed by atoms with E-state index < -0.39 is 0 Å². The summed E-state index contributed by atoms with van der Waals surface area (Å²) in [6.07, 6.45) is 17.4. The molecule has 0 spiro atoms. The summed E-state index contributed by atoms with van der Waals surface area (Å²) in [6.45, 7) is 0. The van der Waals surface area contributed by atoms with Crippen molar-refractivity contribution in [2.24, 2.45) is 23.7 Å². The zero-order valence-electron chi connectivity index (χ0n) is 10.5. The van der Waals surface area contributed by atoms with Gasteiger partial charge in [0.05, 0.1) is 0 Å². The van der Waals surface area contributed by atoms with Crippen LogP contribution in [0, 0.1) is 23.7 Å². The van der Waals surface area contributed by atoms with E-state index in [1.807, 2.05) is 0 Å². The molecule has 3 aliphatic carbocycles. The first kappa shape index (κ1) is 11.3. The van der Waals surface area contributed by atoms with E-state index in [-0.39, 0.29) is 0 Å². The average Bonchev–Trinajstić information content (AvgIpc) is 2.37. The summed E-state index contributed by atoms with van der Waals surface area (Å²) in [5.74, 6) is 2.40. The lowest BCUT2D eigenvalue weighted by atomic mass is 9.67. The van der Waals surface area contributed by atoms with Gasteiger partial charge in [0.25, 0.3) is 0 Å². The molecule has 4 atom stereocenters. The fraction of sp³-hybridized carbons (Fsp3) is 0.688. The summed E-state index contributed by atoms with van der Waals surface area (Å²) in [7, 11) is 0. The maximum Gasteiger partial charge on any atom is 0.140 e. The molecule has 0 aliphatic heterocycles. The van der Waals surface area contributed by atoms with Gasteiger partial charge in [-0.15, -0.1) is 0 Å². The number of ketones is 1. The van der Waals surface area contributed by atoms with Crippen LogP contribution in [-0.2, 0) is 4.79 Å². The predicted octanol–water partition coefficient (Wildman–Crippen LogP) is 3.90. The smallest absolute Gasteiger partial charge is 0.140 e. The molecular formula is C16H22O. The van der Waals surface area contributed by atoms with Crippen molar-refractivity contribution in [2.45, 2.75) is 44.9 Å². The van der Waals surface area contributed by atoms with Crippen LogP contribution in [0.4, 0.5) is 0 Å². The zero-order valence-corrected chi connectivity index (χ0v) is 10.5. The van der Waals surface area contributed by atoms with E-state index in [0.717, 1.165) is 25.7 Å². The van der Waals surface area contributed by atoms with Crippen LogP contribution in [0.3, 0.4) is 0 Å². The standard InChI is InChI=1S/C16H22O/c17-16-14-10-3-1-6-12(14)8-5-9-13-7-2-4-11-15(13)16/h1-2,6-7,12-15H,3-5,8-11H2/t12-,13+,14-,15+. The van der Waals surface area contributed by atoms with Crippen LogP contribution in [0.15, 0.2) is 24.3 Å². The third-order valence-electron chi connectivity index (χ3n) is 4.89. The maximum absolute atomic E-state index is 12.7. The highest BCUT2D eigenvalue weighted by molar-refractivity contribution is 5.84. The predicted molar refractivity (Wildman–Crippen MR) is 69.6 cm³/mol. The van der Waals surface area contributed by atoms with Gasteiger partial charge < -0.3 is 0 Å². The van der Waals surface area contributed by atoms with E-state index in [1.165, 1.54) is 19.3 Å². The molecule has 0 bridgehead atoms. The molecule has 92 valence electrons. The van der Waals surface area contributed by atoms with Crippen LogP contribution in [0.25, 0.3) is 0 Å². The van der Waals surface area contributed by atoms with Crippen LogP contribution in [-0.4, -0.2) is 5.78 Å². The number of hydrogen-bond donors (Lipinski definition) is 0. The third kappa shape index (κ3) is 2.12. The van der Waals surface area contributed by atoms with E-state index in [4.69, 9.17) is 0 Å². The Bertz CT molecular complexity index is 321. The molecule has 1 nitrogen and oxygen atoms in total. The molecule has 3 rings (SSSR count). The van der Waals surface area contributed by atoms with Gasteiger partial charge >= 0.3 is 0 Å². The Balaban J connectivity index is 1.85. The van der Waals surface area contributed by atoms with Crippen LogP contribution < -0.4 is 0 Å². The topological polar surface area (TPSA) is 17.1 Å². The van der Waals surface area contributed by atoms with Gasteiger partial charge in [0, 0.05) is 11.8 Å². The summed E-state index contributed by atoms with van der Waals surface area (Å²) in [6, 6.07) is 0. The highest BCUT2D eigenvalue weighted by Crippen LogP contribution is 2.40. The van der Waals surface area contributed by atoms with E-state index in [1.54, 1.807) is 0 Å². The number of fused-ring (bicyclic) bond motifs is 2. The van der Waals surface area contributed by atoms with Gasteiger partial charge in [-0.25, -0.2) is 0 Å². The Kier molecular flexibility index (Phi) is 3.17. The molecule has 0 aromatic rings. The molecule has 0 heterocycles. The van der Waals surface area contributed by atoms with Crippen LogP contribution >= 0.6 is 0 Å². The Morgan fingerprint density at radius 3 is 1.88 bits per heavy atom. The van der Waals surface area contributed by atoms with Crippen LogP contribution in [0.1, 0.15) is 44.9 Å². The molecule has 1 saturated carbocycles. The SMILES string of the molecule is O=C1[C@H]2CCC=C[C@H]2CCC[C@H]2C=CCC[C@@H]12. The summed E-state index contributed by atoms with van der Waals surface area (Å²) in [4.78, 5) is 12.7. The molecule has 1 fully saturated rings. The Morgan fingerprint density at radius 1 is 0.824 bits per heavy atom. The van der Waals surface area contributed by atoms with Gasteiger partial charge in [-0.3, -0.25) is 4.79 Å². The number of carbonyl (C=O) groups is 1. The Hall–Kier alpha value is -0.850. The fourth-order valence-corrected chi connectivity index (χ4v) is 3.96. The lowest BCUT2D eigenvalue weighted by Crippen LogP contribution is -2.36. The van der Waals surface area contributed by atoms with Crippen LogP contribution in [0.5, 0.6) is 0 Å². The summed E-state index contributed by atoms with van der Waals surface area (Å²) in [5.41, 5.74) is 0. The quantitative estimate of drug-likeness (QED) is 0.577. The van der Waals surface area contributed by atoms with Crippen LogP contribution in [0.2, 0.25) is 0 Å². The second-order valence-electron chi connectivity index (χ2n) is 5.88. The lowest BCUT2D eigenvalue weighted by molar-refractivity contribution is -0.130. The monoisotopic (exact) mass is 230 g/mol. The van der Waals surface area contributed by atoms with Gasteiger partial charge in [0.15, 0.2) is 0 Å². The summed E-state index contributed by atoms with van der Waals surface area (Å²) >= 11 is 0. The third-order valence-corrected chi connectivity index (χ3v) is 4.89. The maximum atomic E-state index is 12.7. The second kappa shape index (κ2) is 4.80. The number of hydrogen-bond acceptors (Lipinski definition) is 1. The van der Waals surface area contributed by atoms with E-state index in [2.05, 4.69) is 24.3 Å². The molecule has 0 aromatic carbocycles. The van der Waals surface area contributed by atoms with E-state index in [9.17, 15) is 4.79 Å². The number of carbonyl (C=O) groups excluding carboxylic acids is 1. The van der Waals surface area contributed by atoms with E-state index in [0.29, 0.717) is 29.5 Å². The van der Waals surface area contributed by atoms with Crippen molar-refractivity contribution in [1.29, 1.82) is 0 Å². The minimum Gasteiger partial charge on any atom is -0.299 e. The van der Waals surface area contributed by atoms with Crippen molar-refractivity contribution in [2.75, 3.05) is 0 Å². The van der Waals surface area contributed by atoms with Gasteiger partial charge in [-0.1, -0.05) is 30.7 Å². The molecular weight excluding hydrogens is 208 g/mol. The van der Waals surface area contributed by atoms with Gasteiger partial charge in [0.2, 0.25) is 0 Å². The molecule has 0 radical (unpaired) electrons. The van der Waals surface area contributed by atoms with Crippen molar-refractivity contribution in [3.63, 3.8) is 0 Å². The number of allylic oxidation sites excluding steroid dienone is 4. The van der Waals surface area contributed by atoms with Gasteiger partial charge in [0.1, 0.15) is 5.78 Å². The minimum absolute atomic E-state index is 0.347. The highest BCUT2D eigenvalue weighted by atomic mass is 16.1. The first-order valence-electron chi connectivity index (χ1n) is 7.23. The number of rotatable bonds is 0. The zero-order chi connectivity index (χ0) is 11.7. The summed E-state index contributed by atoms with van der Waals surface area (Å²) < 4.78 is 0. The molecule has 0 unspecified atom stereocenters. The largest absolute Gasteiger partial charge is 0.299 e. The summed E-state index contributed by atoms with van der Waals surface area (Å²) in [5, 5.41) is 0. The lowest BCUT2D eigenvalue weighted by Gasteiger charge is -2.36.